The fourth-order valence-corrected chi connectivity index (χ4v) is 2.58. The van der Waals surface area contributed by atoms with Crippen molar-refractivity contribution >= 4 is 35.1 Å². The Hall–Kier alpha value is -2.24. The molecule has 0 spiro atoms. The van der Waals surface area contributed by atoms with E-state index in [1.54, 1.807) is 49.4 Å². The van der Waals surface area contributed by atoms with Crippen LogP contribution < -0.4 is 10.1 Å². The van der Waals surface area contributed by atoms with Gasteiger partial charge < -0.3 is 14.8 Å². The van der Waals surface area contributed by atoms with Crippen molar-refractivity contribution in [1.29, 1.82) is 0 Å². The summed E-state index contributed by atoms with van der Waals surface area (Å²) < 4.78 is 10.5. The van der Waals surface area contributed by atoms with Crippen LogP contribution in [-0.2, 0) is 9.53 Å². The molecule has 2 aromatic carbocycles. The van der Waals surface area contributed by atoms with Crippen molar-refractivity contribution in [3.8, 4) is 5.75 Å². The van der Waals surface area contributed by atoms with Crippen molar-refractivity contribution in [1.82, 2.24) is 5.32 Å². The molecule has 0 fully saturated rings. The predicted octanol–water partition coefficient (Wildman–Crippen LogP) is 4.43. The third-order valence-corrected chi connectivity index (χ3v) is 4.30. The van der Waals surface area contributed by atoms with Gasteiger partial charge in [-0.2, -0.15) is 0 Å². The molecule has 0 saturated carbocycles. The number of amides is 1. The largest absolute Gasteiger partial charge is 0.493 e. The summed E-state index contributed by atoms with van der Waals surface area (Å²) in [6.07, 6.45) is 0. The minimum Gasteiger partial charge on any atom is -0.493 e. The molecule has 0 heterocycles. The second-order valence-electron chi connectivity index (χ2n) is 5.47. The smallest absolute Gasteiger partial charge is 0.342 e. The second kappa shape index (κ2) is 9.46. The lowest BCUT2D eigenvalue weighted by atomic mass is 10.1. The van der Waals surface area contributed by atoms with Gasteiger partial charge in [0.2, 0.25) is 0 Å². The van der Waals surface area contributed by atoms with Crippen LogP contribution in [0.5, 0.6) is 5.75 Å². The van der Waals surface area contributed by atoms with Crippen molar-refractivity contribution in [2.24, 2.45) is 0 Å². The van der Waals surface area contributed by atoms with Gasteiger partial charge in [-0.3, -0.25) is 4.79 Å². The predicted molar refractivity (Wildman–Crippen MR) is 101 cm³/mol. The van der Waals surface area contributed by atoms with Crippen LogP contribution in [0.2, 0.25) is 10.0 Å². The van der Waals surface area contributed by atoms with Crippen molar-refractivity contribution in [3.05, 3.63) is 63.6 Å². The number of hydrogen-bond acceptors (Lipinski definition) is 4. The molecule has 0 saturated heterocycles. The first-order valence-electron chi connectivity index (χ1n) is 8.05. The summed E-state index contributed by atoms with van der Waals surface area (Å²) in [5, 5.41) is 3.59. The maximum Gasteiger partial charge on any atom is 0.342 e. The zero-order valence-electron chi connectivity index (χ0n) is 14.4. The standard InChI is InChI=1S/C19H19Cl2NO4/c1-3-25-17-7-5-4-6-14(17)19(24)26-11-18(23)22-12(2)13-8-9-15(20)16(21)10-13/h4-10,12H,3,11H2,1-2H3,(H,22,23)/t12-/m1/s1. The number of nitrogens with one attached hydrogen (secondary N) is 1. The van der Waals surface area contributed by atoms with Gasteiger partial charge in [0.1, 0.15) is 11.3 Å². The second-order valence-corrected chi connectivity index (χ2v) is 6.28. The molecular weight excluding hydrogens is 377 g/mol. The monoisotopic (exact) mass is 395 g/mol. The molecule has 2 aromatic rings. The van der Waals surface area contributed by atoms with Crippen molar-refractivity contribution in [3.63, 3.8) is 0 Å². The molecule has 5 nitrogen and oxygen atoms in total. The molecular formula is C19H19Cl2NO4. The summed E-state index contributed by atoms with van der Waals surface area (Å²) in [4.78, 5) is 24.2. The van der Waals surface area contributed by atoms with Crippen molar-refractivity contribution in [2.45, 2.75) is 19.9 Å². The normalized spacial score (nSPS) is 11.5. The van der Waals surface area contributed by atoms with Gasteiger partial charge in [0, 0.05) is 0 Å². The number of benzene rings is 2. The van der Waals surface area contributed by atoms with E-state index < -0.39 is 18.5 Å². The summed E-state index contributed by atoms with van der Waals surface area (Å²) in [5.74, 6) is -0.623. The molecule has 1 N–H and O–H groups in total. The molecule has 0 bridgehead atoms. The summed E-state index contributed by atoms with van der Waals surface area (Å²) in [6, 6.07) is 11.5. The van der Waals surface area contributed by atoms with Crippen LogP contribution in [0, 0.1) is 0 Å². The number of hydrogen-bond donors (Lipinski definition) is 1. The fraction of sp³-hybridized carbons (Fsp3) is 0.263. The first-order valence-corrected chi connectivity index (χ1v) is 8.81. The SMILES string of the molecule is CCOc1ccccc1C(=O)OCC(=O)N[C@H](C)c1ccc(Cl)c(Cl)c1. The zero-order valence-corrected chi connectivity index (χ0v) is 15.9. The van der Waals surface area contributed by atoms with Gasteiger partial charge in [0.25, 0.3) is 5.91 Å². The summed E-state index contributed by atoms with van der Waals surface area (Å²) in [5.41, 5.74) is 1.07. The lowest BCUT2D eigenvalue weighted by Crippen LogP contribution is -2.31. The average Bonchev–Trinajstić information content (AvgIpc) is 2.62. The van der Waals surface area contributed by atoms with E-state index in [9.17, 15) is 9.59 Å². The number of carbonyl (C=O) groups is 2. The van der Waals surface area contributed by atoms with E-state index in [2.05, 4.69) is 5.32 Å². The van der Waals surface area contributed by atoms with Gasteiger partial charge in [0.15, 0.2) is 6.61 Å². The molecule has 7 heteroatoms. The van der Waals surface area contributed by atoms with E-state index >= 15 is 0 Å². The molecule has 0 radical (unpaired) electrons. The third kappa shape index (κ3) is 5.38. The maximum absolute atomic E-state index is 12.2. The Morgan fingerprint density at radius 2 is 1.85 bits per heavy atom. The van der Waals surface area contributed by atoms with Crippen LogP contribution >= 0.6 is 23.2 Å². The quantitative estimate of drug-likeness (QED) is 0.704. The number of esters is 1. The van der Waals surface area contributed by atoms with Crippen LogP contribution in [-0.4, -0.2) is 25.1 Å². The van der Waals surface area contributed by atoms with Crippen molar-refractivity contribution < 1.29 is 19.1 Å². The molecule has 0 aliphatic carbocycles. The van der Waals surface area contributed by atoms with Crippen LogP contribution in [0.3, 0.4) is 0 Å². The number of rotatable bonds is 7. The van der Waals surface area contributed by atoms with Crippen LogP contribution in [0.15, 0.2) is 42.5 Å². The van der Waals surface area contributed by atoms with E-state index in [1.165, 1.54) is 0 Å². The molecule has 1 amide bonds. The van der Waals surface area contributed by atoms with Gasteiger partial charge in [-0.1, -0.05) is 41.4 Å². The topological polar surface area (TPSA) is 64.6 Å². The van der Waals surface area contributed by atoms with Crippen LogP contribution in [0.1, 0.15) is 35.8 Å². The summed E-state index contributed by atoms with van der Waals surface area (Å²) in [6.45, 7) is 3.64. The maximum atomic E-state index is 12.2. The van der Waals surface area contributed by atoms with E-state index in [0.29, 0.717) is 22.4 Å². The lowest BCUT2D eigenvalue weighted by molar-refractivity contribution is -0.124. The summed E-state index contributed by atoms with van der Waals surface area (Å²) in [7, 11) is 0. The van der Waals surface area contributed by atoms with E-state index in [4.69, 9.17) is 32.7 Å². The first-order chi connectivity index (χ1) is 12.4. The van der Waals surface area contributed by atoms with Gasteiger partial charge in [-0.25, -0.2) is 4.79 Å². The minimum atomic E-state index is -0.619. The van der Waals surface area contributed by atoms with Gasteiger partial charge in [0.05, 0.1) is 22.7 Å². The Labute approximate surface area is 162 Å². The Kier molecular flexibility index (Phi) is 7.30. The molecule has 0 aliphatic heterocycles. The molecule has 1 atom stereocenters. The van der Waals surface area contributed by atoms with E-state index in [0.717, 1.165) is 5.56 Å². The highest BCUT2D eigenvalue weighted by atomic mass is 35.5. The highest BCUT2D eigenvalue weighted by molar-refractivity contribution is 6.42. The number of ether oxygens (including phenoxy) is 2. The fourth-order valence-electron chi connectivity index (χ4n) is 2.27. The lowest BCUT2D eigenvalue weighted by Gasteiger charge is -2.15. The van der Waals surface area contributed by atoms with Crippen LogP contribution in [0.25, 0.3) is 0 Å². The first kappa shape index (κ1) is 20.1. The average molecular weight is 396 g/mol. The Bertz CT molecular complexity index is 795. The number of para-hydroxylation sites is 1. The molecule has 26 heavy (non-hydrogen) atoms. The highest BCUT2D eigenvalue weighted by Crippen LogP contribution is 2.25. The molecule has 138 valence electrons. The van der Waals surface area contributed by atoms with Gasteiger partial charge in [-0.05, 0) is 43.7 Å². The third-order valence-electron chi connectivity index (χ3n) is 3.56. The Morgan fingerprint density at radius 3 is 2.54 bits per heavy atom. The van der Waals surface area contributed by atoms with Gasteiger partial charge in [-0.15, -0.1) is 0 Å². The Balaban J connectivity index is 1.92. The van der Waals surface area contributed by atoms with E-state index in [1.807, 2.05) is 6.92 Å². The highest BCUT2D eigenvalue weighted by Gasteiger charge is 2.16. The molecule has 0 aromatic heterocycles. The number of halogens is 2. The van der Waals surface area contributed by atoms with Gasteiger partial charge >= 0.3 is 5.97 Å². The van der Waals surface area contributed by atoms with Crippen LogP contribution in [0.4, 0.5) is 0 Å². The Morgan fingerprint density at radius 1 is 1.12 bits per heavy atom. The van der Waals surface area contributed by atoms with Crippen molar-refractivity contribution in [2.75, 3.05) is 13.2 Å². The zero-order chi connectivity index (χ0) is 19.1. The minimum absolute atomic E-state index is 0.277. The molecule has 0 unspecified atom stereocenters. The van der Waals surface area contributed by atoms with E-state index in [-0.39, 0.29) is 11.6 Å². The molecule has 2 rings (SSSR count). The molecule has 0 aliphatic rings. The number of carbonyl (C=O) groups excluding carboxylic acids is 2. The summed E-state index contributed by atoms with van der Waals surface area (Å²) >= 11 is 11.9.